The maximum Gasteiger partial charge on any atom is 0.311 e. The van der Waals surface area contributed by atoms with Gasteiger partial charge in [-0.25, -0.2) is 0 Å². The summed E-state index contributed by atoms with van der Waals surface area (Å²) in [4.78, 5) is 25.2. The first-order chi connectivity index (χ1) is 9.39. The van der Waals surface area contributed by atoms with Gasteiger partial charge in [-0.1, -0.05) is 30.1 Å². The van der Waals surface area contributed by atoms with Crippen molar-refractivity contribution in [3.05, 3.63) is 21.9 Å². The van der Waals surface area contributed by atoms with E-state index in [-0.39, 0.29) is 28.3 Å². The molecule has 6 nitrogen and oxygen atoms in total. The van der Waals surface area contributed by atoms with Crippen LogP contribution >= 0.6 is 23.2 Å². The van der Waals surface area contributed by atoms with Gasteiger partial charge in [0.05, 0.1) is 11.0 Å². The van der Waals surface area contributed by atoms with Gasteiger partial charge in [0.2, 0.25) is 0 Å². The van der Waals surface area contributed by atoms with Crippen LogP contribution in [0.4, 0.5) is 0 Å². The summed E-state index contributed by atoms with van der Waals surface area (Å²) in [6.45, 7) is 2.34. The van der Waals surface area contributed by atoms with Gasteiger partial charge in [0.25, 0.3) is 5.91 Å². The number of aliphatic carboxylic acids is 1. The first kappa shape index (κ1) is 15.0. The summed E-state index contributed by atoms with van der Waals surface area (Å²) in [6, 6.07) is 1.34. The number of carboxylic acid groups (broad SMARTS) is 1. The quantitative estimate of drug-likeness (QED) is 0.923. The molecule has 0 aliphatic carbocycles. The zero-order valence-electron chi connectivity index (χ0n) is 10.8. The minimum absolute atomic E-state index is 0.0382. The molecule has 1 aliphatic rings. The van der Waals surface area contributed by atoms with Crippen molar-refractivity contribution in [3.63, 3.8) is 0 Å². The lowest BCUT2D eigenvalue weighted by Gasteiger charge is -2.23. The number of carboxylic acids is 1. The number of rotatable bonds is 3. The van der Waals surface area contributed by atoms with Crippen molar-refractivity contribution in [3.8, 4) is 0 Å². The van der Waals surface area contributed by atoms with Crippen molar-refractivity contribution in [1.82, 2.24) is 15.1 Å². The molecule has 1 fully saturated rings. The summed E-state index contributed by atoms with van der Waals surface area (Å²) < 4.78 is 0. The topological polar surface area (TPSA) is 83.4 Å². The second-order valence-electron chi connectivity index (χ2n) is 4.79. The number of likely N-dealkylation sites (tertiary alicyclic amines) is 1. The van der Waals surface area contributed by atoms with Gasteiger partial charge in [-0.05, 0) is 18.9 Å². The van der Waals surface area contributed by atoms with Crippen molar-refractivity contribution >= 4 is 35.1 Å². The summed E-state index contributed by atoms with van der Waals surface area (Å²) in [5.74, 6) is -1.25. The van der Waals surface area contributed by atoms with Gasteiger partial charge in [-0.15, -0.1) is 10.2 Å². The highest BCUT2D eigenvalue weighted by Gasteiger charge is 2.45. The lowest BCUT2D eigenvalue weighted by molar-refractivity contribution is -0.148. The predicted octanol–water partition coefficient (Wildman–Crippen LogP) is 2.11. The second-order valence-corrected chi connectivity index (χ2v) is 5.53. The van der Waals surface area contributed by atoms with E-state index >= 15 is 0 Å². The Morgan fingerprint density at radius 2 is 2.15 bits per heavy atom. The van der Waals surface area contributed by atoms with Crippen molar-refractivity contribution in [1.29, 1.82) is 0 Å². The van der Waals surface area contributed by atoms with Gasteiger partial charge in [-0.2, -0.15) is 0 Å². The summed E-state index contributed by atoms with van der Waals surface area (Å²) >= 11 is 11.5. The van der Waals surface area contributed by atoms with Gasteiger partial charge in [0.15, 0.2) is 10.3 Å². The molecule has 8 heteroatoms. The maximum absolute atomic E-state index is 12.4. The molecule has 108 valence electrons. The van der Waals surface area contributed by atoms with E-state index < -0.39 is 11.4 Å². The Bertz CT molecular complexity index is 567. The molecule has 1 aliphatic heterocycles. The molecule has 0 aromatic carbocycles. The Hall–Kier alpha value is -1.40. The Balaban J connectivity index is 2.24. The van der Waals surface area contributed by atoms with Crippen LogP contribution in [0.1, 0.15) is 30.1 Å². The zero-order valence-corrected chi connectivity index (χ0v) is 12.3. The van der Waals surface area contributed by atoms with Crippen LogP contribution in [0.25, 0.3) is 0 Å². The highest BCUT2D eigenvalue weighted by molar-refractivity contribution is 6.34. The van der Waals surface area contributed by atoms with Crippen LogP contribution in [-0.4, -0.2) is 45.2 Å². The smallest absolute Gasteiger partial charge is 0.311 e. The number of hydrogen-bond donors (Lipinski definition) is 1. The van der Waals surface area contributed by atoms with Crippen LogP contribution in [0.3, 0.4) is 0 Å². The molecule has 1 unspecified atom stereocenters. The molecular formula is C12H13Cl2N3O3. The molecule has 1 N–H and O–H groups in total. The first-order valence-corrected chi connectivity index (χ1v) is 6.86. The molecule has 20 heavy (non-hydrogen) atoms. The first-order valence-electron chi connectivity index (χ1n) is 6.11. The second kappa shape index (κ2) is 5.54. The number of amides is 1. The van der Waals surface area contributed by atoms with Crippen LogP contribution < -0.4 is 0 Å². The van der Waals surface area contributed by atoms with Crippen LogP contribution in [0, 0.1) is 5.41 Å². The average Bonchev–Trinajstić information content (AvgIpc) is 2.86. The van der Waals surface area contributed by atoms with Crippen molar-refractivity contribution in [2.24, 2.45) is 5.41 Å². The van der Waals surface area contributed by atoms with Crippen LogP contribution in [-0.2, 0) is 4.79 Å². The lowest BCUT2D eigenvalue weighted by Crippen LogP contribution is -2.36. The number of carbonyl (C=O) groups excluding carboxylic acids is 1. The number of carbonyl (C=O) groups is 2. The van der Waals surface area contributed by atoms with Crippen molar-refractivity contribution < 1.29 is 14.7 Å². The van der Waals surface area contributed by atoms with Crippen LogP contribution in [0.5, 0.6) is 0 Å². The Morgan fingerprint density at radius 1 is 1.45 bits per heavy atom. The average molecular weight is 318 g/mol. The molecule has 1 amide bonds. The van der Waals surface area contributed by atoms with E-state index in [0.717, 1.165) is 0 Å². The SMILES string of the molecule is CCC1(C(=O)O)CCN(C(=O)c2cc(Cl)nnc2Cl)C1. The molecule has 1 aromatic rings. The highest BCUT2D eigenvalue weighted by Crippen LogP contribution is 2.35. The van der Waals surface area contributed by atoms with E-state index in [0.29, 0.717) is 19.4 Å². The maximum atomic E-state index is 12.4. The third-order valence-electron chi connectivity index (χ3n) is 3.72. The summed E-state index contributed by atoms with van der Waals surface area (Å²) in [7, 11) is 0. The Kier molecular flexibility index (Phi) is 4.15. The molecule has 1 aromatic heterocycles. The number of nitrogens with zero attached hydrogens (tertiary/aromatic N) is 3. The molecule has 0 spiro atoms. The molecule has 0 saturated carbocycles. The van der Waals surface area contributed by atoms with E-state index in [9.17, 15) is 14.7 Å². The number of aromatic nitrogens is 2. The highest BCUT2D eigenvalue weighted by atomic mass is 35.5. The third kappa shape index (κ3) is 2.58. The van der Waals surface area contributed by atoms with Crippen molar-refractivity contribution in [2.45, 2.75) is 19.8 Å². The fourth-order valence-electron chi connectivity index (χ4n) is 2.33. The van der Waals surface area contributed by atoms with E-state index in [2.05, 4.69) is 10.2 Å². The molecule has 0 radical (unpaired) electrons. The van der Waals surface area contributed by atoms with E-state index in [1.807, 2.05) is 0 Å². The summed E-state index contributed by atoms with van der Waals surface area (Å²) in [5, 5.41) is 16.5. The monoisotopic (exact) mass is 317 g/mol. The molecule has 0 bridgehead atoms. The molecule has 1 atom stereocenters. The number of hydrogen-bond acceptors (Lipinski definition) is 4. The van der Waals surface area contributed by atoms with Crippen molar-refractivity contribution in [2.75, 3.05) is 13.1 Å². The third-order valence-corrected chi connectivity index (χ3v) is 4.18. The van der Waals surface area contributed by atoms with Gasteiger partial charge in [0, 0.05) is 13.1 Å². The van der Waals surface area contributed by atoms with Crippen LogP contribution in [0.15, 0.2) is 6.07 Å². The Labute approximate surface area is 125 Å². The van der Waals surface area contributed by atoms with Gasteiger partial charge < -0.3 is 10.0 Å². The molecule has 2 rings (SSSR count). The number of halogens is 2. The molecular weight excluding hydrogens is 305 g/mol. The van der Waals surface area contributed by atoms with E-state index in [1.165, 1.54) is 11.0 Å². The lowest BCUT2D eigenvalue weighted by atomic mass is 9.84. The fourth-order valence-corrected chi connectivity index (χ4v) is 2.65. The summed E-state index contributed by atoms with van der Waals surface area (Å²) in [6.07, 6.45) is 0.892. The standard InChI is InChI=1S/C12H13Cl2N3O3/c1-2-12(11(19)20)3-4-17(6-12)10(18)7-5-8(13)15-16-9(7)14/h5H,2-4,6H2,1H3,(H,19,20). The van der Waals surface area contributed by atoms with E-state index in [1.54, 1.807) is 6.92 Å². The molecule has 2 heterocycles. The van der Waals surface area contributed by atoms with Gasteiger partial charge in [-0.3, -0.25) is 9.59 Å². The zero-order chi connectivity index (χ0) is 14.9. The van der Waals surface area contributed by atoms with E-state index in [4.69, 9.17) is 23.2 Å². The largest absolute Gasteiger partial charge is 0.481 e. The fraction of sp³-hybridized carbons (Fsp3) is 0.500. The van der Waals surface area contributed by atoms with Gasteiger partial charge >= 0.3 is 5.97 Å². The molecule has 1 saturated heterocycles. The summed E-state index contributed by atoms with van der Waals surface area (Å²) in [5.41, 5.74) is -0.740. The van der Waals surface area contributed by atoms with Gasteiger partial charge in [0.1, 0.15) is 0 Å². The predicted molar refractivity (Wildman–Crippen MR) is 72.9 cm³/mol. The van der Waals surface area contributed by atoms with Crippen LogP contribution in [0.2, 0.25) is 10.3 Å². The normalized spacial score (nSPS) is 22.1. The minimum atomic E-state index is -0.883. The Morgan fingerprint density at radius 3 is 2.70 bits per heavy atom. The minimum Gasteiger partial charge on any atom is -0.481 e.